The maximum Gasteiger partial charge on any atom is 0.233 e. The zero-order chi connectivity index (χ0) is 42.1. The number of likely N-dealkylation sites (tertiary alicyclic amines) is 2. The van der Waals surface area contributed by atoms with Gasteiger partial charge in [0.05, 0.1) is 23.7 Å². The van der Waals surface area contributed by atoms with Crippen molar-refractivity contribution in [2.45, 2.75) is 219 Å². The Morgan fingerprint density at radius 1 is 0.367 bits per heavy atom. The molecule has 0 N–H and O–H groups in total. The lowest BCUT2D eigenvalue weighted by Gasteiger charge is -2.28. The summed E-state index contributed by atoms with van der Waals surface area (Å²) in [5, 5.41) is 0. The van der Waals surface area contributed by atoms with Crippen molar-refractivity contribution in [3.8, 4) is 0 Å². The summed E-state index contributed by atoms with van der Waals surface area (Å²) in [5.74, 6) is 3.31. The Hall–Kier alpha value is -2.24. The molecule has 4 fully saturated rings. The highest BCUT2D eigenvalue weighted by molar-refractivity contribution is 6.07. The average molecular weight is 829 g/mol. The van der Waals surface area contributed by atoms with Crippen molar-refractivity contribution in [3.05, 3.63) is 24.3 Å². The molecule has 338 valence electrons. The van der Waals surface area contributed by atoms with Gasteiger partial charge in [0.15, 0.2) is 0 Å². The molecule has 2 heterocycles. The number of rotatable bonds is 35. The smallest absolute Gasteiger partial charge is 0.233 e. The largest absolute Gasteiger partial charge is 0.282 e. The summed E-state index contributed by atoms with van der Waals surface area (Å²) < 4.78 is 0. The number of amides is 4. The Bertz CT molecular complexity index is 1240. The van der Waals surface area contributed by atoms with Crippen LogP contribution < -0.4 is 0 Å². The van der Waals surface area contributed by atoms with Crippen LogP contribution in [0, 0.1) is 59.2 Å². The summed E-state index contributed by atoms with van der Waals surface area (Å²) in [5.41, 5.74) is 0. The number of carbonyl (C=O) groups excluding carboxylic acids is 4. The molecular weight excluding hydrogens is 741 g/mol. The molecule has 2 saturated carbocycles. The summed E-state index contributed by atoms with van der Waals surface area (Å²) in [6.45, 7) is 5.90. The molecule has 4 bridgehead atoms. The minimum absolute atomic E-state index is 0.0493. The van der Waals surface area contributed by atoms with Crippen LogP contribution in [0.15, 0.2) is 24.3 Å². The number of nitrogens with zero attached hydrogens (tertiary/aromatic N) is 2. The molecule has 4 aliphatic carbocycles. The maximum atomic E-state index is 13.0. The Morgan fingerprint density at radius 3 is 0.867 bits per heavy atom. The molecule has 6 aliphatic rings. The summed E-state index contributed by atoms with van der Waals surface area (Å²) in [4.78, 5) is 55.4. The SMILES string of the molecule is CCCCCCCCC(CCCCCCCCCN1C(=O)C2C3C=CC(C3)C2C1=O)C(CCCCCCCC)CCCCCCCCCN1C(=O)C2C3C=CC(C3)C2C1=O. The predicted octanol–water partition coefficient (Wildman–Crippen LogP) is 13.6. The first-order chi connectivity index (χ1) is 29.4. The first kappa shape index (κ1) is 47.2. The van der Waals surface area contributed by atoms with E-state index >= 15 is 0 Å². The van der Waals surface area contributed by atoms with Crippen LogP contribution >= 0.6 is 0 Å². The molecule has 0 aromatic rings. The highest BCUT2D eigenvalue weighted by atomic mass is 16.2. The predicted molar refractivity (Wildman–Crippen MR) is 246 cm³/mol. The quantitative estimate of drug-likeness (QED) is 0.0362. The van der Waals surface area contributed by atoms with Crippen molar-refractivity contribution in [2.75, 3.05) is 13.1 Å². The summed E-state index contributed by atoms with van der Waals surface area (Å²) in [7, 11) is 0. The van der Waals surface area contributed by atoms with E-state index in [9.17, 15) is 19.2 Å². The second-order valence-corrected chi connectivity index (χ2v) is 20.8. The van der Waals surface area contributed by atoms with Gasteiger partial charge in [-0.1, -0.05) is 218 Å². The van der Waals surface area contributed by atoms with E-state index in [0.717, 1.165) is 50.4 Å². The number of imide groups is 2. The van der Waals surface area contributed by atoms with Crippen LogP contribution in [0.1, 0.15) is 219 Å². The van der Waals surface area contributed by atoms with E-state index in [-0.39, 0.29) is 47.3 Å². The van der Waals surface area contributed by atoms with Gasteiger partial charge in [-0.25, -0.2) is 0 Å². The van der Waals surface area contributed by atoms with E-state index in [4.69, 9.17) is 0 Å². The number of carbonyl (C=O) groups is 4. The average Bonchev–Trinajstić information content (AvgIpc) is 4.12. The second kappa shape index (κ2) is 25.2. The fraction of sp³-hybridized carbons (Fsp3) is 0.852. The van der Waals surface area contributed by atoms with Gasteiger partial charge in [0.1, 0.15) is 0 Å². The van der Waals surface area contributed by atoms with Crippen molar-refractivity contribution in [2.24, 2.45) is 59.2 Å². The summed E-state index contributed by atoms with van der Waals surface area (Å²) >= 11 is 0. The second-order valence-electron chi connectivity index (χ2n) is 20.8. The Labute approximate surface area is 367 Å². The lowest BCUT2D eigenvalue weighted by Crippen LogP contribution is -2.33. The maximum absolute atomic E-state index is 13.0. The molecular formula is C54H88N2O4. The molecule has 2 aliphatic heterocycles. The van der Waals surface area contributed by atoms with E-state index < -0.39 is 0 Å². The fourth-order valence-electron chi connectivity index (χ4n) is 13.1. The van der Waals surface area contributed by atoms with Crippen LogP contribution in [-0.2, 0) is 19.2 Å². The lowest BCUT2D eigenvalue weighted by atomic mass is 9.78. The number of hydrogen-bond donors (Lipinski definition) is 0. The van der Waals surface area contributed by atoms with Gasteiger partial charge in [-0.15, -0.1) is 0 Å². The number of allylic oxidation sites excluding steroid dienone is 4. The van der Waals surface area contributed by atoms with Crippen LogP contribution in [0.5, 0.6) is 0 Å². The molecule has 10 atom stereocenters. The van der Waals surface area contributed by atoms with Crippen LogP contribution in [-0.4, -0.2) is 46.5 Å². The van der Waals surface area contributed by atoms with Crippen LogP contribution in [0.25, 0.3) is 0 Å². The molecule has 2 saturated heterocycles. The van der Waals surface area contributed by atoms with Gasteiger partial charge in [-0.2, -0.15) is 0 Å². The van der Waals surface area contributed by atoms with E-state index in [1.54, 1.807) is 9.80 Å². The zero-order valence-corrected chi connectivity index (χ0v) is 38.7. The number of unbranched alkanes of at least 4 members (excludes halogenated alkanes) is 22. The third-order valence-corrected chi connectivity index (χ3v) is 16.6. The van der Waals surface area contributed by atoms with Gasteiger partial charge < -0.3 is 0 Å². The third-order valence-electron chi connectivity index (χ3n) is 16.6. The topological polar surface area (TPSA) is 74.8 Å². The van der Waals surface area contributed by atoms with Crippen LogP contribution in [0.4, 0.5) is 0 Å². The van der Waals surface area contributed by atoms with Crippen LogP contribution in [0.2, 0.25) is 0 Å². The first-order valence-electron chi connectivity index (χ1n) is 26.5. The molecule has 60 heavy (non-hydrogen) atoms. The van der Waals surface area contributed by atoms with Gasteiger partial charge in [0.25, 0.3) is 0 Å². The van der Waals surface area contributed by atoms with E-state index in [1.165, 1.54) is 167 Å². The highest BCUT2D eigenvalue weighted by Gasteiger charge is 2.60. The van der Waals surface area contributed by atoms with Crippen molar-refractivity contribution < 1.29 is 19.2 Å². The van der Waals surface area contributed by atoms with Crippen molar-refractivity contribution >= 4 is 23.6 Å². The van der Waals surface area contributed by atoms with Gasteiger partial charge >= 0.3 is 0 Å². The monoisotopic (exact) mass is 829 g/mol. The van der Waals surface area contributed by atoms with Gasteiger partial charge in [0, 0.05) is 13.1 Å². The van der Waals surface area contributed by atoms with E-state index in [2.05, 4.69) is 38.2 Å². The highest BCUT2D eigenvalue weighted by Crippen LogP contribution is 2.53. The zero-order valence-electron chi connectivity index (χ0n) is 38.7. The number of hydrogen-bond acceptors (Lipinski definition) is 4. The Balaban J connectivity index is 0.860. The summed E-state index contributed by atoms with van der Waals surface area (Å²) in [6.07, 6.45) is 50.4. The standard InChI is InChI=1S/C54H88N2O4/c1-3-5-7-9-17-23-29-41(31-25-19-13-11-15-21-27-37-55-51(57)47-43-33-34-44(39-43)48(47)52(55)58)42(30-24-18-10-8-6-4-2)32-26-20-14-12-16-22-28-38-56-53(59)49-45-35-36-46(40-45)50(49)54(56)60/h33-36,41-50H,3-32,37-40H2,1-2H3. The molecule has 6 nitrogen and oxygen atoms in total. The molecule has 0 aromatic carbocycles. The first-order valence-corrected chi connectivity index (χ1v) is 26.5. The molecule has 0 radical (unpaired) electrons. The molecule has 4 amide bonds. The minimum Gasteiger partial charge on any atom is -0.282 e. The van der Waals surface area contributed by atoms with Crippen molar-refractivity contribution in [1.82, 2.24) is 9.80 Å². The molecule has 6 heteroatoms. The van der Waals surface area contributed by atoms with Crippen molar-refractivity contribution in [3.63, 3.8) is 0 Å². The van der Waals surface area contributed by atoms with E-state index in [1.807, 2.05) is 0 Å². The Kier molecular flexibility index (Phi) is 19.8. The molecule has 0 aromatic heterocycles. The fourth-order valence-corrected chi connectivity index (χ4v) is 13.1. The molecule has 10 unspecified atom stereocenters. The minimum atomic E-state index is -0.0493. The summed E-state index contributed by atoms with van der Waals surface area (Å²) in [6, 6.07) is 0. The van der Waals surface area contributed by atoms with E-state index in [0.29, 0.717) is 36.8 Å². The normalized spacial score (nSPS) is 28.3. The Morgan fingerprint density at radius 2 is 0.600 bits per heavy atom. The number of fused-ring (bicyclic) bond motifs is 10. The molecule has 6 rings (SSSR count). The van der Waals surface area contributed by atoms with Gasteiger partial charge in [-0.05, 0) is 61.2 Å². The lowest BCUT2D eigenvalue weighted by molar-refractivity contribution is -0.142. The van der Waals surface area contributed by atoms with Crippen LogP contribution in [0.3, 0.4) is 0 Å². The van der Waals surface area contributed by atoms with Gasteiger partial charge in [0.2, 0.25) is 23.6 Å². The van der Waals surface area contributed by atoms with Crippen molar-refractivity contribution in [1.29, 1.82) is 0 Å². The molecule has 0 spiro atoms. The van der Waals surface area contributed by atoms with Gasteiger partial charge in [-0.3, -0.25) is 29.0 Å². The third kappa shape index (κ3) is 12.5.